The van der Waals surface area contributed by atoms with Gasteiger partial charge in [0.05, 0.1) is 0 Å². The van der Waals surface area contributed by atoms with E-state index >= 15 is 0 Å². The fourth-order valence-electron chi connectivity index (χ4n) is 3.29. The minimum absolute atomic E-state index is 0. The number of fused-ring (bicyclic) bond motifs is 1. The van der Waals surface area contributed by atoms with Gasteiger partial charge in [-0.3, -0.25) is 4.79 Å². The van der Waals surface area contributed by atoms with Crippen LogP contribution >= 0.6 is 12.4 Å². The third-order valence-corrected chi connectivity index (χ3v) is 4.55. The van der Waals surface area contributed by atoms with E-state index in [0.29, 0.717) is 5.92 Å². The van der Waals surface area contributed by atoms with Gasteiger partial charge in [0.2, 0.25) is 0 Å². The van der Waals surface area contributed by atoms with Crippen LogP contribution < -0.4 is 5.32 Å². The molecule has 0 aliphatic carbocycles. The molecule has 2 heterocycles. The number of carbonyl (C=O) groups is 1. The van der Waals surface area contributed by atoms with E-state index in [1.807, 2.05) is 32.0 Å². The fraction of sp³-hybridized carbons (Fsp3) is 0.500. The van der Waals surface area contributed by atoms with Crippen molar-refractivity contribution >= 4 is 29.2 Å². The molecule has 5 heteroatoms. The van der Waals surface area contributed by atoms with Gasteiger partial charge < -0.3 is 15.2 Å². The summed E-state index contributed by atoms with van der Waals surface area (Å²) in [6.07, 6.45) is 4.50. The molecule has 0 bridgehead atoms. The maximum atomic E-state index is 12.2. The van der Waals surface area contributed by atoms with E-state index in [4.69, 9.17) is 0 Å². The van der Waals surface area contributed by atoms with Gasteiger partial charge in [-0.2, -0.15) is 0 Å². The highest BCUT2D eigenvalue weighted by Crippen LogP contribution is 2.33. The molecule has 0 unspecified atom stereocenters. The highest BCUT2D eigenvalue weighted by Gasteiger charge is 2.21. The van der Waals surface area contributed by atoms with Gasteiger partial charge in [-0.25, -0.2) is 0 Å². The van der Waals surface area contributed by atoms with Crippen molar-refractivity contribution in [2.24, 2.45) is 0 Å². The second-order valence-corrected chi connectivity index (χ2v) is 6.71. The molecule has 2 N–H and O–H groups in total. The summed E-state index contributed by atoms with van der Waals surface area (Å²) >= 11 is 0. The highest BCUT2D eigenvalue weighted by atomic mass is 35.5. The van der Waals surface area contributed by atoms with Crippen LogP contribution in [0, 0.1) is 0 Å². The lowest BCUT2D eigenvalue weighted by atomic mass is 9.89. The lowest BCUT2D eigenvalue weighted by Gasteiger charge is -2.28. The number of H-pyrrole nitrogens is 1. The SMILES string of the molecule is CC(C)NC(=O)c1ccc2[nH]cc(C3CCN(C)CC3)c2c1.Cl. The number of halogens is 1. The number of hydrogen-bond donors (Lipinski definition) is 2. The van der Waals surface area contributed by atoms with Crippen molar-refractivity contribution in [1.29, 1.82) is 0 Å². The van der Waals surface area contributed by atoms with Crippen LogP contribution in [0.3, 0.4) is 0 Å². The van der Waals surface area contributed by atoms with Crippen molar-refractivity contribution in [2.75, 3.05) is 20.1 Å². The summed E-state index contributed by atoms with van der Waals surface area (Å²) in [5.41, 5.74) is 3.23. The first kappa shape index (κ1) is 17.8. The molecule has 126 valence electrons. The molecular weight excluding hydrogens is 310 g/mol. The largest absolute Gasteiger partial charge is 0.361 e. The second-order valence-electron chi connectivity index (χ2n) is 6.71. The van der Waals surface area contributed by atoms with Gasteiger partial charge in [-0.1, -0.05) is 0 Å². The van der Waals surface area contributed by atoms with E-state index < -0.39 is 0 Å². The van der Waals surface area contributed by atoms with Crippen molar-refractivity contribution in [1.82, 2.24) is 15.2 Å². The zero-order valence-corrected chi connectivity index (χ0v) is 14.9. The molecule has 0 radical (unpaired) electrons. The van der Waals surface area contributed by atoms with Crippen LogP contribution in [-0.4, -0.2) is 42.0 Å². The van der Waals surface area contributed by atoms with E-state index in [1.165, 1.54) is 23.8 Å². The summed E-state index contributed by atoms with van der Waals surface area (Å²) in [4.78, 5) is 18.0. The summed E-state index contributed by atoms with van der Waals surface area (Å²) in [7, 11) is 2.18. The number of benzene rings is 1. The molecule has 1 amide bonds. The Morgan fingerprint density at radius 1 is 1.30 bits per heavy atom. The Labute approximate surface area is 144 Å². The van der Waals surface area contributed by atoms with Crippen LogP contribution in [0.2, 0.25) is 0 Å². The van der Waals surface area contributed by atoms with E-state index in [1.54, 1.807) is 0 Å². The van der Waals surface area contributed by atoms with E-state index in [2.05, 4.69) is 28.4 Å². The molecule has 2 aromatic rings. The van der Waals surface area contributed by atoms with Crippen LogP contribution in [0.1, 0.15) is 48.5 Å². The lowest BCUT2D eigenvalue weighted by molar-refractivity contribution is 0.0943. The number of aromatic nitrogens is 1. The smallest absolute Gasteiger partial charge is 0.251 e. The molecule has 0 atom stereocenters. The minimum atomic E-state index is 0. The maximum Gasteiger partial charge on any atom is 0.251 e. The van der Waals surface area contributed by atoms with Gasteiger partial charge in [0, 0.05) is 28.7 Å². The van der Waals surface area contributed by atoms with Gasteiger partial charge in [-0.15, -0.1) is 12.4 Å². The fourth-order valence-corrected chi connectivity index (χ4v) is 3.29. The Morgan fingerprint density at radius 2 is 2.00 bits per heavy atom. The Kier molecular flexibility index (Phi) is 5.71. The zero-order chi connectivity index (χ0) is 15.7. The molecule has 3 rings (SSSR count). The standard InChI is InChI=1S/C18H25N3O.ClH/c1-12(2)20-18(22)14-4-5-17-15(10-14)16(11-19-17)13-6-8-21(3)9-7-13;/h4-5,10-13,19H,6-9H2,1-3H3,(H,20,22);1H. The average Bonchev–Trinajstić information content (AvgIpc) is 2.90. The van der Waals surface area contributed by atoms with Crippen LogP contribution in [0.5, 0.6) is 0 Å². The van der Waals surface area contributed by atoms with Crippen molar-refractivity contribution in [3.05, 3.63) is 35.5 Å². The molecule has 1 aliphatic heterocycles. The molecule has 1 fully saturated rings. The van der Waals surface area contributed by atoms with Crippen LogP contribution in [-0.2, 0) is 0 Å². The van der Waals surface area contributed by atoms with E-state index in [9.17, 15) is 4.79 Å². The Morgan fingerprint density at radius 3 is 2.65 bits per heavy atom. The number of nitrogens with one attached hydrogen (secondary N) is 2. The Hall–Kier alpha value is -1.52. The van der Waals surface area contributed by atoms with Crippen molar-refractivity contribution in [3.63, 3.8) is 0 Å². The zero-order valence-electron chi connectivity index (χ0n) is 14.1. The van der Waals surface area contributed by atoms with Gasteiger partial charge in [0.15, 0.2) is 0 Å². The summed E-state index contributed by atoms with van der Waals surface area (Å²) in [6.45, 7) is 6.25. The summed E-state index contributed by atoms with van der Waals surface area (Å²) in [6, 6.07) is 6.11. The van der Waals surface area contributed by atoms with E-state index in [0.717, 1.165) is 24.2 Å². The first-order chi connectivity index (χ1) is 10.5. The number of hydrogen-bond acceptors (Lipinski definition) is 2. The first-order valence-electron chi connectivity index (χ1n) is 8.15. The molecule has 4 nitrogen and oxygen atoms in total. The number of nitrogens with zero attached hydrogens (tertiary/aromatic N) is 1. The molecule has 1 aliphatic rings. The molecule has 1 aromatic heterocycles. The monoisotopic (exact) mass is 335 g/mol. The van der Waals surface area contributed by atoms with Gasteiger partial charge in [-0.05, 0) is 76.5 Å². The van der Waals surface area contributed by atoms with Crippen LogP contribution in [0.4, 0.5) is 0 Å². The lowest BCUT2D eigenvalue weighted by Crippen LogP contribution is -2.30. The Balaban J connectivity index is 0.00000192. The molecule has 0 spiro atoms. The number of rotatable bonds is 3. The molecule has 1 aromatic carbocycles. The Bertz CT molecular complexity index is 672. The predicted octanol–water partition coefficient (Wildman–Crippen LogP) is 3.54. The average molecular weight is 336 g/mol. The summed E-state index contributed by atoms with van der Waals surface area (Å²) in [5, 5.41) is 4.16. The van der Waals surface area contributed by atoms with Crippen LogP contribution in [0.15, 0.2) is 24.4 Å². The first-order valence-corrected chi connectivity index (χ1v) is 8.15. The topological polar surface area (TPSA) is 48.1 Å². The van der Waals surface area contributed by atoms with Gasteiger partial charge in [0.25, 0.3) is 5.91 Å². The van der Waals surface area contributed by atoms with Crippen molar-refractivity contribution < 1.29 is 4.79 Å². The molecular formula is C18H26ClN3O. The number of carbonyl (C=O) groups excluding carboxylic acids is 1. The van der Waals surface area contributed by atoms with Gasteiger partial charge in [0.1, 0.15) is 0 Å². The number of amides is 1. The van der Waals surface area contributed by atoms with E-state index in [-0.39, 0.29) is 24.4 Å². The number of likely N-dealkylation sites (tertiary alicyclic amines) is 1. The summed E-state index contributed by atoms with van der Waals surface area (Å²) in [5.74, 6) is 0.598. The van der Waals surface area contributed by atoms with Crippen molar-refractivity contribution in [2.45, 2.75) is 38.6 Å². The second kappa shape index (κ2) is 7.37. The predicted molar refractivity (Wildman–Crippen MR) is 97.6 cm³/mol. The van der Waals surface area contributed by atoms with Crippen molar-refractivity contribution in [3.8, 4) is 0 Å². The molecule has 23 heavy (non-hydrogen) atoms. The molecule has 1 saturated heterocycles. The number of piperidine rings is 1. The maximum absolute atomic E-state index is 12.2. The normalized spacial score (nSPS) is 16.5. The molecule has 0 saturated carbocycles. The minimum Gasteiger partial charge on any atom is -0.361 e. The quantitative estimate of drug-likeness (QED) is 0.901. The third-order valence-electron chi connectivity index (χ3n) is 4.55. The van der Waals surface area contributed by atoms with Crippen LogP contribution in [0.25, 0.3) is 10.9 Å². The third kappa shape index (κ3) is 3.88. The number of aromatic amines is 1. The summed E-state index contributed by atoms with van der Waals surface area (Å²) < 4.78 is 0. The van der Waals surface area contributed by atoms with Gasteiger partial charge >= 0.3 is 0 Å². The highest BCUT2D eigenvalue weighted by molar-refractivity contribution is 5.99.